The summed E-state index contributed by atoms with van der Waals surface area (Å²) >= 11 is 5.90. The van der Waals surface area contributed by atoms with Gasteiger partial charge < -0.3 is 19.4 Å². The Morgan fingerprint density at radius 1 is 1.32 bits per heavy atom. The minimum atomic E-state index is -1.71. The van der Waals surface area contributed by atoms with Crippen LogP contribution in [0.3, 0.4) is 0 Å². The standard InChI is InChI=1S/C20H14ClFN4O5/c1-30-11-3-2-9-7-26(17(27)15(9)16(11)22)8-20(18(28)24-19(29)25-20)13-4-10-6-23-14(21)5-12(10)31-13/h2-6H,7-8H2,1H3,(H2,24,25,28,29). The fourth-order valence-electron chi connectivity index (χ4n) is 3.94. The van der Waals surface area contributed by atoms with E-state index in [9.17, 15) is 18.8 Å². The molecule has 1 saturated heterocycles. The largest absolute Gasteiger partial charge is 0.494 e. The average Bonchev–Trinajstić information content (AvgIpc) is 3.37. The number of halogens is 2. The van der Waals surface area contributed by atoms with Crippen molar-refractivity contribution in [3.8, 4) is 5.75 Å². The number of carbonyl (C=O) groups excluding carboxylic acids is 3. The average molecular weight is 445 g/mol. The van der Waals surface area contributed by atoms with Crippen LogP contribution in [-0.4, -0.2) is 41.4 Å². The minimum Gasteiger partial charge on any atom is -0.494 e. The number of furan rings is 1. The summed E-state index contributed by atoms with van der Waals surface area (Å²) < 4.78 is 25.4. The third kappa shape index (κ3) is 2.82. The zero-order valence-corrected chi connectivity index (χ0v) is 16.7. The zero-order valence-electron chi connectivity index (χ0n) is 16.0. The van der Waals surface area contributed by atoms with Gasteiger partial charge in [0.15, 0.2) is 17.1 Å². The molecular weight excluding hydrogens is 431 g/mol. The number of nitrogens with one attached hydrogen (secondary N) is 2. The highest BCUT2D eigenvalue weighted by atomic mass is 35.5. The van der Waals surface area contributed by atoms with Crippen molar-refractivity contribution >= 4 is 40.4 Å². The Morgan fingerprint density at radius 3 is 2.84 bits per heavy atom. The van der Waals surface area contributed by atoms with Gasteiger partial charge in [-0.15, -0.1) is 0 Å². The second kappa shape index (κ2) is 6.67. The first-order valence-corrected chi connectivity index (χ1v) is 9.54. The molecule has 2 aliphatic rings. The number of pyridine rings is 1. The van der Waals surface area contributed by atoms with Crippen LogP contribution < -0.4 is 15.4 Å². The highest BCUT2D eigenvalue weighted by Gasteiger charge is 2.53. The lowest BCUT2D eigenvalue weighted by Crippen LogP contribution is -2.52. The smallest absolute Gasteiger partial charge is 0.322 e. The molecule has 1 unspecified atom stereocenters. The molecule has 9 nitrogen and oxygen atoms in total. The summed E-state index contributed by atoms with van der Waals surface area (Å²) in [4.78, 5) is 43.1. The molecule has 1 fully saturated rings. The number of urea groups is 1. The summed E-state index contributed by atoms with van der Waals surface area (Å²) in [5, 5.41) is 5.49. The maximum absolute atomic E-state index is 14.7. The normalized spacial score (nSPS) is 20.2. The van der Waals surface area contributed by atoms with Crippen molar-refractivity contribution < 1.29 is 27.9 Å². The molecule has 0 spiro atoms. The molecule has 4 amide bonds. The fourth-order valence-corrected chi connectivity index (χ4v) is 4.09. The van der Waals surface area contributed by atoms with Crippen molar-refractivity contribution in [3.63, 3.8) is 0 Å². The van der Waals surface area contributed by atoms with Crippen molar-refractivity contribution in [2.45, 2.75) is 12.1 Å². The maximum Gasteiger partial charge on any atom is 0.322 e. The number of fused-ring (bicyclic) bond motifs is 2. The quantitative estimate of drug-likeness (QED) is 0.471. The van der Waals surface area contributed by atoms with Crippen molar-refractivity contribution in [1.29, 1.82) is 0 Å². The summed E-state index contributed by atoms with van der Waals surface area (Å²) in [7, 11) is 1.30. The van der Waals surface area contributed by atoms with Gasteiger partial charge in [-0.05, 0) is 17.7 Å². The first-order valence-electron chi connectivity index (χ1n) is 9.16. The predicted octanol–water partition coefficient (Wildman–Crippen LogP) is 2.32. The molecule has 0 saturated carbocycles. The van der Waals surface area contributed by atoms with Crippen LogP contribution in [0.2, 0.25) is 5.15 Å². The Labute approximate surface area is 179 Å². The Morgan fingerprint density at radius 2 is 2.13 bits per heavy atom. The number of benzene rings is 1. The van der Waals surface area contributed by atoms with Gasteiger partial charge in [-0.1, -0.05) is 17.7 Å². The van der Waals surface area contributed by atoms with E-state index in [0.29, 0.717) is 16.5 Å². The molecule has 5 rings (SSSR count). The van der Waals surface area contributed by atoms with Gasteiger partial charge in [-0.2, -0.15) is 0 Å². The Bertz CT molecular complexity index is 1290. The van der Waals surface area contributed by atoms with E-state index in [1.807, 2.05) is 0 Å². The number of carbonyl (C=O) groups is 3. The predicted molar refractivity (Wildman–Crippen MR) is 105 cm³/mol. The molecule has 11 heteroatoms. The van der Waals surface area contributed by atoms with Crippen LogP contribution in [0, 0.1) is 5.82 Å². The number of methoxy groups -OCH3 is 1. The Hall–Kier alpha value is -3.66. The highest BCUT2D eigenvalue weighted by molar-refractivity contribution is 6.29. The van der Waals surface area contributed by atoms with E-state index in [0.717, 1.165) is 0 Å². The maximum atomic E-state index is 14.7. The number of amides is 4. The van der Waals surface area contributed by atoms with Gasteiger partial charge >= 0.3 is 6.03 Å². The number of hydrogen-bond donors (Lipinski definition) is 2. The van der Waals surface area contributed by atoms with Crippen molar-refractivity contribution in [2.24, 2.45) is 0 Å². The van der Waals surface area contributed by atoms with E-state index in [2.05, 4.69) is 15.6 Å². The van der Waals surface area contributed by atoms with E-state index < -0.39 is 29.2 Å². The summed E-state index contributed by atoms with van der Waals surface area (Å²) in [5.41, 5.74) is -1.03. The molecule has 1 atom stereocenters. The number of rotatable bonds is 4. The summed E-state index contributed by atoms with van der Waals surface area (Å²) in [6.07, 6.45) is 1.46. The van der Waals surface area contributed by atoms with Gasteiger partial charge in [0.05, 0.1) is 19.2 Å². The molecule has 2 aliphatic heterocycles. The van der Waals surface area contributed by atoms with Crippen LogP contribution >= 0.6 is 11.6 Å². The summed E-state index contributed by atoms with van der Waals surface area (Å²) in [6, 6.07) is 5.30. The van der Waals surface area contributed by atoms with E-state index >= 15 is 0 Å². The summed E-state index contributed by atoms with van der Waals surface area (Å²) in [5.74, 6) is -2.06. The second-order valence-corrected chi connectivity index (χ2v) is 7.63. The summed E-state index contributed by atoms with van der Waals surface area (Å²) in [6.45, 7) is -0.228. The molecule has 4 heterocycles. The van der Waals surface area contributed by atoms with Crippen LogP contribution in [0.25, 0.3) is 11.0 Å². The van der Waals surface area contributed by atoms with Crippen LogP contribution in [-0.2, 0) is 16.9 Å². The third-order valence-corrected chi connectivity index (χ3v) is 5.64. The molecule has 0 aliphatic carbocycles. The van der Waals surface area contributed by atoms with E-state index in [1.165, 1.54) is 30.3 Å². The number of imide groups is 1. The van der Waals surface area contributed by atoms with Crippen LogP contribution in [0.1, 0.15) is 21.7 Å². The van der Waals surface area contributed by atoms with Crippen LogP contribution in [0.5, 0.6) is 5.75 Å². The Kier molecular flexibility index (Phi) is 4.16. The molecule has 0 radical (unpaired) electrons. The molecule has 2 N–H and O–H groups in total. The van der Waals surface area contributed by atoms with E-state index in [1.54, 1.807) is 12.1 Å². The molecule has 158 valence electrons. The number of nitrogens with zero attached hydrogens (tertiary/aromatic N) is 2. The molecule has 0 bridgehead atoms. The minimum absolute atomic E-state index is 0.0492. The molecule has 1 aromatic carbocycles. The number of hydrogen-bond acceptors (Lipinski definition) is 6. The SMILES string of the molecule is COc1ccc2c(c1F)C(=O)N(CC1(c3cc4cnc(Cl)cc4o3)NC(=O)NC1=O)C2. The van der Waals surface area contributed by atoms with Crippen molar-refractivity contribution in [1.82, 2.24) is 20.5 Å². The van der Waals surface area contributed by atoms with E-state index in [4.69, 9.17) is 20.8 Å². The monoisotopic (exact) mass is 444 g/mol. The third-order valence-electron chi connectivity index (χ3n) is 5.43. The first-order chi connectivity index (χ1) is 14.8. The lowest BCUT2D eigenvalue weighted by molar-refractivity contribution is -0.125. The lowest BCUT2D eigenvalue weighted by Gasteiger charge is -2.29. The van der Waals surface area contributed by atoms with Gasteiger partial charge in [0.25, 0.3) is 11.8 Å². The Balaban J connectivity index is 1.56. The molecule has 31 heavy (non-hydrogen) atoms. The first kappa shape index (κ1) is 19.3. The molecular formula is C20H14ClFN4O5. The zero-order chi connectivity index (χ0) is 21.9. The lowest BCUT2D eigenvalue weighted by atomic mass is 9.95. The van der Waals surface area contributed by atoms with Crippen molar-refractivity contribution in [3.05, 3.63) is 58.3 Å². The second-order valence-electron chi connectivity index (χ2n) is 7.25. The van der Waals surface area contributed by atoms with Crippen LogP contribution in [0.15, 0.2) is 34.9 Å². The topological polar surface area (TPSA) is 114 Å². The molecule has 3 aromatic rings. The van der Waals surface area contributed by atoms with Gasteiger partial charge in [0, 0.05) is 24.2 Å². The fraction of sp³-hybridized carbons (Fsp3) is 0.200. The number of ether oxygens (including phenoxy) is 1. The van der Waals surface area contributed by atoms with Crippen molar-refractivity contribution in [2.75, 3.05) is 13.7 Å². The van der Waals surface area contributed by atoms with Gasteiger partial charge in [0.1, 0.15) is 16.5 Å². The van der Waals surface area contributed by atoms with Gasteiger partial charge in [-0.25, -0.2) is 14.2 Å². The molecule has 2 aromatic heterocycles. The van der Waals surface area contributed by atoms with Crippen LogP contribution in [0.4, 0.5) is 9.18 Å². The van der Waals surface area contributed by atoms with Gasteiger partial charge in [-0.3, -0.25) is 14.9 Å². The highest BCUT2D eigenvalue weighted by Crippen LogP contribution is 2.36. The van der Waals surface area contributed by atoms with Gasteiger partial charge in [0.2, 0.25) is 0 Å². The number of aromatic nitrogens is 1. The van der Waals surface area contributed by atoms with E-state index in [-0.39, 0.29) is 35.3 Å².